The van der Waals surface area contributed by atoms with Gasteiger partial charge in [0.15, 0.2) is 5.76 Å². The van der Waals surface area contributed by atoms with Crippen molar-refractivity contribution in [2.45, 2.75) is 19.6 Å². The number of nitrogens with zero attached hydrogens (tertiary/aromatic N) is 5. The molecule has 0 amide bonds. The maximum atomic E-state index is 9.07. The van der Waals surface area contributed by atoms with Gasteiger partial charge >= 0.3 is 0 Å². The average Bonchev–Trinajstić information content (AvgIpc) is 3.39. The molecule has 0 bridgehead atoms. The average molecular weight is 411 g/mol. The zero-order valence-corrected chi connectivity index (χ0v) is 17.3. The van der Waals surface area contributed by atoms with Crippen LogP contribution in [0.25, 0.3) is 11.8 Å². The molecule has 7 heteroatoms. The number of rotatable bonds is 3. The van der Waals surface area contributed by atoms with Gasteiger partial charge in [-0.15, -0.1) is 0 Å². The van der Waals surface area contributed by atoms with Crippen molar-refractivity contribution < 1.29 is 9.57 Å². The van der Waals surface area contributed by atoms with E-state index in [-0.39, 0.29) is 0 Å². The van der Waals surface area contributed by atoms with E-state index in [1.54, 1.807) is 18.5 Å². The summed E-state index contributed by atoms with van der Waals surface area (Å²) in [5.74, 6) is 1.34. The van der Waals surface area contributed by atoms with Gasteiger partial charge < -0.3 is 19.0 Å². The van der Waals surface area contributed by atoms with E-state index < -0.39 is 5.72 Å². The second-order valence-corrected chi connectivity index (χ2v) is 7.70. The minimum Gasteiger partial charge on any atom is -0.488 e. The third-order valence-electron chi connectivity index (χ3n) is 5.60. The van der Waals surface area contributed by atoms with Crippen LogP contribution in [-0.4, -0.2) is 33.4 Å². The summed E-state index contributed by atoms with van der Waals surface area (Å²) in [6, 6.07) is 17.7. The van der Waals surface area contributed by atoms with Gasteiger partial charge in [0, 0.05) is 24.4 Å². The summed E-state index contributed by atoms with van der Waals surface area (Å²) in [5, 5.41) is 13.4. The Bertz CT molecular complexity index is 1240. The van der Waals surface area contributed by atoms with Crippen LogP contribution >= 0.6 is 0 Å². The number of morpholine rings is 1. The highest BCUT2D eigenvalue weighted by Crippen LogP contribution is 2.38. The molecule has 0 spiro atoms. The molecular formula is C24H21N5O2. The number of aryl methyl sites for hydroxylation is 1. The molecule has 1 saturated heterocycles. The number of benzene rings is 2. The van der Waals surface area contributed by atoms with Gasteiger partial charge in [-0.25, -0.2) is 4.98 Å². The number of aromatic nitrogens is 2. The van der Waals surface area contributed by atoms with Gasteiger partial charge in [0.1, 0.15) is 6.61 Å². The Labute approximate surface area is 180 Å². The van der Waals surface area contributed by atoms with Crippen LogP contribution in [0.3, 0.4) is 0 Å². The van der Waals surface area contributed by atoms with Gasteiger partial charge in [-0.2, -0.15) is 5.26 Å². The molecule has 1 atom stereocenters. The fourth-order valence-corrected chi connectivity index (χ4v) is 3.90. The molecule has 0 N–H and O–H groups in total. The molecule has 0 aliphatic carbocycles. The third-order valence-corrected chi connectivity index (χ3v) is 5.60. The Hall–Kier alpha value is -4.05. The number of ether oxygens (including phenoxy) is 1. The van der Waals surface area contributed by atoms with Crippen molar-refractivity contribution in [3.63, 3.8) is 0 Å². The lowest BCUT2D eigenvalue weighted by molar-refractivity contribution is -0.0967. The Balaban J connectivity index is 1.44. The van der Waals surface area contributed by atoms with E-state index in [0.29, 0.717) is 30.3 Å². The summed E-state index contributed by atoms with van der Waals surface area (Å²) in [6.45, 7) is 5.13. The number of hydrogen-bond acceptors (Lipinski definition) is 6. The van der Waals surface area contributed by atoms with Crippen LogP contribution in [0.1, 0.15) is 29.3 Å². The minimum absolute atomic E-state index is 0.528. The lowest BCUT2D eigenvalue weighted by Gasteiger charge is -2.37. The minimum atomic E-state index is -0.748. The van der Waals surface area contributed by atoms with Gasteiger partial charge in [0.05, 0.1) is 30.2 Å². The smallest absolute Gasteiger partial charge is 0.234 e. The maximum absolute atomic E-state index is 9.07. The molecular weight excluding hydrogens is 390 g/mol. The third kappa shape index (κ3) is 3.32. The monoisotopic (exact) mass is 411 g/mol. The van der Waals surface area contributed by atoms with Crippen molar-refractivity contribution in [1.82, 2.24) is 14.5 Å². The summed E-state index contributed by atoms with van der Waals surface area (Å²) in [5.41, 5.74) is 3.79. The van der Waals surface area contributed by atoms with Crippen LogP contribution in [0, 0.1) is 18.3 Å². The molecule has 3 aromatic rings. The number of hydrogen-bond donors (Lipinski definition) is 0. The number of fused-ring (bicyclic) bond motifs is 1. The van der Waals surface area contributed by atoms with Crippen LogP contribution < -0.4 is 0 Å². The lowest BCUT2D eigenvalue weighted by Crippen LogP contribution is -2.48. The number of amidine groups is 1. The molecule has 1 fully saturated rings. The molecule has 2 aliphatic rings. The van der Waals surface area contributed by atoms with Crippen molar-refractivity contribution in [3.05, 3.63) is 89.2 Å². The standard InChI is InChI=1S/C24H21N5O2/c1-17-15-28(16-26-17)21-5-3-4-19(12-21)13-22-23-27-31-24(2,29(23)10-11-30-22)20-8-6-18(14-25)7-9-20/h3-9,12-13,15-16H,10-11H2,1-2H3/b22-13+. The molecule has 3 heterocycles. The Kier molecular flexibility index (Phi) is 4.48. The first kappa shape index (κ1) is 18.9. The van der Waals surface area contributed by atoms with E-state index in [1.165, 1.54) is 0 Å². The molecule has 5 rings (SSSR count). The van der Waals surface area contributed by atoms with E-state index >= 15 is 0 Å². The highest BCUT2D eigenvalue weighted by molar-refractivity contribution is 6.01. The van der Waals surface area contributed by atoms with Crippen LogP contribution in [0.5, 0.6) is 0 Å². The van der Waals surface area contributed by atoms with Gasteiger partial charge in [-0.1, -0.05) is 29.4 Å². The summed E-state index contributed by atoms with van der Waals surface area (Å²) in [7, 11) is 0. The summed E-state index contributed by atoms with van der Waals surface area (Å²) >= 11 is 0. The molecule has 2 aliphatic heterocycles. The number of oxime groups is 1. The van der Waals surface area contributed by atoms with Gasteiger partial charge in [-0.05, 0) is 42.8 Å². The van der Waals surface area contributed by atoms with E-state index in [2.05, 4.69) is 27.2 Å². The van der Waals surface area contributed by atoms with Crippen LogP contribution in [-0.2, 0) is 15.3 Å². The maximum Gasteiger partial charge on any atom is 0.234 e. The first-order valence-corrected chi connectivity index (χ1v) is 10.1. The molecule has 1 aromatic heterocycles. The predicted octanol–water partition coefficient (Wildman–Crippen LogP) is 3.94. The van der Waals surface area contributed by atoms with Gasteiger partial charge in [-0.3, -0.25) is 0 Å². The first-order valence-electron chi connectivity index (χ1n) is 10.1. The van der Waals surface area contributed by atoms with Gasteiger partial charge in [0.2, 0.25) is 11.6 Å². The molecule has 2 aromatic carbocycles. The molecule has 0 saturated carbocycles. The van der Waals surface area contributed by atoms with E-state index in [9.17, 15) is 0 Å². The van der Waals surface area contributed by atoms with Crippen molar-refractivity contribution in [3.8, 4) is 11.8 Å². The van der Waals surface area contributed by atoms with Crippen LogP contribution in [0.15, 0.2) is 72.0 Å². The first-order chi connectivity index (χ1) is 15.1. The van der Waals surface area contributed by atoms with Crippen LogP contribution in [0.2, 0.25) is 0 Å². The van der Waals surface area contributed by atoms with Crippen molar-refractivity contribution in [2.24, 2.45) is 5.16 Å². The Morgan fingerprint density at radius 1 is 1.19 bits per heavy atom. The Morgan fingerprint density at radius 2 is 2.03 bits per heavy atom. The molecule has 0 radical (unpaired) electrons. The van der Waals surface area contributed by atoms with E-state index in [1.807, 2.05) is 61.0 Å². The second kappa shape index (κ2) is 7.33. The largest absolute Gasteiger partial charge is 0.488 e. The summed E-state index contributed by atoms with van der Waals surface area (Å²) in [4.78, 5) is 12.3. The lowest BCUT2D eigenvalue weighted by atomic mass is 10.0. The summed E-state index contributed by atoms with van der Waals surface area (Å²) in [6.07, 6.45) is 5.77. The molecule has 154 valence electrons. The zero-order valence-electron chi connectivity index (χ0n) is 17.3. The fourth-order valence-electron chi connectivity index (χ4n) is 3.90. The molecule has 1 unspecified atom stereocenters. The highest BCUT2D eigenvalue weighted by Gasteiger charge is 2.46. The van der Waals surface area contributed by atoms with E-state index in [0.717, 1.165) is 22.5 Å². The van der Waals surface area contributed by atoms with Crippen molar-refractivity contribution in [1.29, 1.82) is 5.26 Å². The molecule has 31 heavy (non-hydrogen) atoms. The Morgan fingerprint density at radius 3 is 2.77 bits per heavy atom. The fraction of sp³-hybridized carbons (Fsp3) is 0.208. The van der Waals surface area contributed by atoms with Gasteiger partial charge in [0.25, 0.3) is 0 Å². The van der Waals surface area contributed by atoms with E-state index in [4.69, 9.17) is 14.8 Å². The highest BCUT2D eigenvalue weighted by atomic mass is 16.7. The summed E-state index contributed by atoms with van der Waals surface area (Å²) < 4.78 is 7.95. The van der Waals surface area contributed by atoms with Crippen LogP contribution in [0.4, 0.5) is 0 Å². The number of nitriles is 1. The van der Waals surface area contributed by atoms with Crippen molar-refractivity contribution >= 4 is 11.9 Å². The molecule has 7 nitrogen and oxygen atoms in total. The second-order valence-electron chi connectivity index (χ2n) is 7.70. The normalized spacial score (nSPS) is 21.1. The van der Waals surface area contributed by atoms with Crippen molar-refractivity contribution in [2.75, 3.05) is 13.2 Å². The predicted molar refractivity (Wildman–Crippen MR) is 116 cm³/mol. The zero-order chi connectivity index (χ0) is 21.4. The number of imidazole rings is 1. The topological polar surface area (TPSA) is 75.7 Å². The quantitative estimate of drug-likeness (QED) is 0.653. The SMILES string of the molecule is Cc1cn(-c2cccc(/C=C3/OCCN4C3=NOC4(C)c3ccc(C#N)cc3)c2)cn1.